The van der Waals surface area contributed by atoms with Crippen molar-refractivity contribution in [3.8, 4) is 11.4 Å². The summed E-state index contributed by atoms with van der Waals surface area (Å²) in [6, 6.07) is 32.5. The number of allylic oxidation sites excluding steroid dienone is 3. The van der Waals surface area contributed by atoms with Crippen LogP contribution in [0.1, 0.15) is 0 Å². The summed E-state index contributed by atoms with van der Waals surface area (Å²) in [7, 11) is 0. The minimum absolute atomic E-state index is 0.982. The number of para-hydroxylation sites is 4. The Morgan fingerprint density at radius 3 is 2.10 bits per heavy atom. The predicted molar refractivity (Wildman–Crippen MR) is 164 cm³/mol. The van der Waals surface area contributed by atoms with Gasteiger partial charge in [-0.05, 0) is 48.6 Å². The number of hydrogen-bond donors (Lipinski definition) is 0. The van der Waals surface area contributed by atoms with E-state index in [0.717, 1.165) is 28.4 Å². The summed E-state index contributed by atoms with van der Waals surface area (Å²) < 4.78 is 4.82. The van der Waals surface area contributed by atoms with Crippen LogP contribution in [-0.4, -0.2) is 14.1 Å². The fraction of sp³-hybridized carbons (Fsp3) is 0. The SMILES string of the molecule is C=C/C=C(\C=C)N1c2ccccc2-n2c3c1cccc3c1ccc3c4ccccc4n(-c4cccnc4)c3c12. The highest BCUT2D eigenvalue weighted by molar-refractivity contribution is 6.26. The topological polar surface area (TPSA) is 26.0 Å². The van der Waals surface area contributed by atoms with Gasteiger partial charge >= 0.3 is 0 Å². The third-order valence-corrected chi connectivity index (χ3v) is 7.83. The lowest BCUT2D eigenvalue weighted by Crippen LogP contribution is -2.21. The van der Waals surface area contributed by atoms with Crippen molar-refractivity contribution >= 4 is 55.0 Å². The summed E-state index contributed by atoms with van der Waals surface area (Å²) in [4.78, 5) is 6.77. The van der Waals surface area contributed by atoms with E-state index in [1.54, 1.807) is 0 Å². The maximum atomic E-state index is 4.48. The van der Waals surface area contributed by atoms with Gasteiger partial charge in [0.15, 0.2) is 0 Å². The van der Waals surface area contributed by atoms with Crippen LogP contribution < -0.4 is 4.90 Å². The first-order chi connectivity index (χ1) is 19.3. The predicted octanol–water partition coefficient (Wildman–Crippen LogP) is 8.98. The summed E-state index contributed by atoms with van der Waals surface area (Å²) in [5, 5.41) is 4.89. The summed E-state index contributed by atoms with van der Waals surface area (Å²) >= 11 is 0. The van der Waals surface area contributed by atoms with Crippen LogP contribution in [-0.2, 0) is 0 Å². The van der Waals surface area contributed by atoms with Crippen LogP contribution in [0.5, 0.6) is 0 Å². The molecule has 3 aromatic heterocycles. The van der Waals surface area contributed by atoms with Gasteiger partial charge in [-0.3, -0.25) is 4.98 Å². The molecule has 0 atom stereocenters. The maximum Gasteiger partial charge on any atom is 0.0790 e. The highest BCUT2D eigenvalue weighted by Crippen LogP contribution is 2.50. The second kappa shape index (κ2) is 8.07. The number of fused-ring (bicyclic) bond motifs is 9. The Morgan fingerprint density at radius 1 is 0.615 bits per heavy atom. The van der Waals surface area contributed by atoms with Crippen molar-refractivity contribution in [2.45, 2.75) is 0 Å². The Kier molecular flexibility index (Phi) is 4.49. The van der Waals surface area contributed by atoms with Crippen LogP contribution in [0.25, 0.3) is 55.0 Å². The Balaban J connectivity index is 1.65. The number of aromatic nitrogens is 3. The molecular weight excluding hydrogens is 476 g/mol. The van der Waals surface area contributed by atoms with Gasteiger partial charge in [0.1, 0.15) is 0 Å². The van der Waals surface area contributed by atoms with Crippen molar-refractivity contribution in [3.63, 3.8) is 0 Å². The average molecular weight is 501 g/mol. The van der Waals surface area contributed by atoms with Crippen LogP contribution in [0, 0.1) is 0 Å². The van der Waals surface area contributed by atoms with Crippen molar-refractivity contribution in [3.05, 3.63) is 140 Å². The zero-order valence-corrected chi connectivity index (χ0v) is 21.3. The number of benzene rings is 4. The first-order valence-electron chi connectivity index (χ1n) is 13.1. The van der Waals surface area contributed by atoms with Gasteiger partial charge in [0, 0.05) is 33.4 Å². The maximum absolute atomic E-state index is 4.48. The third-order valence-electron chi connectivity index (χ3n) is 7.83. The lowest BCUT2D eigenvalue weighted by molar-refractivity contribution is 1.08. The molecule has 0 saturated heterocycles. The van der Waals surface area contributed by atoms with Crippen LogP contribution in [0.3, 0.4) is 0 Å². The van der Waals surface area contributed by atoms with Gasteiger partial charge in [-0.15, -0.1) is 0 Å². The highest BCUT2D eigenvalue weighted by Gasteiger charge is 2.30. The second-order valence-electron chi connectivity index (χ2n) is 9.79. The fourth-order valence-corrected chi connectivity index (χ4v) is 6.36. The number of rotatable bonds is 4. The lowest BCUT2D eigenvalue weighted by atomic mass is 10.1. The van der Waals surface area contributed by atoms with E-state index in [4.69, 9.17) is 0 Å². The number of anilines is 2. The average Bonchev–Trinajstić information content (AvgIpc) is 3.51. The molecule has 1 aliphatic rings. The minimum Gasteiger partial charge on any atom is -0.306 e. The Labute approximate surface area is 225 Å². The molecule has 0 unspecified atom stereocenters. The molecule has 39 heavy (non-hydrogen) atoms. The van der Waals surface area contributed by atoms with Crippen molar-refractivity contribution in [2.24, 2.45) is 0 Å². The molecule has 0 radical (unpaired) electrons. The molecule has 0 bridgehead atoms. The van der Waals surface area contributed by atoms with E-state index >= 15 is 0 Å². The summed E-state index contributed by atoms with van der Waals surface area (Å²) in [5.74, 6) is 0. The smallest absolute Gasteiger partial charge is 0.0790 e. The molecule has 0 saturated carbocycles. The molecule has 0 aliphatic carbocycles. The zero-order valence-electron chi connectivity index (χ0n) is 21.3. The molecule has 0 N–H and O–H groups in total. The van der Waals surface area contributed by atoms with Gasteiger partial charge in [0.2, 0.25) is 0 Å². The quantitative estimate of drug-likeness (QED) is 0.225. The van der Waals surface area contributed by atoms with Crippen molar-refractivity contribution in [1.29, 1.82) is 0 Å². The van der Waals surface area contributed by atoms with Crippen molar-refractivity contribution in [2.75, 3.05) is 4.90 Å². The molecule has 8 rings (SSSR count). The summed E-state index contributed by atoms with van der Waals surface area (Å²) in [5.41, 5.74) is 10.1. The molecule has 4 heteroatoms. The molecule has 0 amide bonds. The van der Waals surface area contributed by atoms with Crippen molar-refractivity contribution in [1.82, 2.24) is 14.1 Å². The Morgan fingerprint density at radius 2 is 1.31 bits per heavy atom. The van der Waals surface area contributed by atoms with Crippen molar-refractivity contribution < 1.29 is 0 Å². The number of hydrogen-bond acceptors (Lipinski definition) is 2. The van der Waals surface area contributed by atoms with Gasteiger partial charge in [0.25, 0.3) is 0 Å². The molecule has 4 heterocycles. The monoisotopic (exact) mass is 500 g/mol. The largest absolute Gasteiger partial charge is 0.306 e. The highest BCUT2D eigenvalue weighted by atomic mass is 15.2. The second-order valence-corrected chi connectivity index (χ2v) is 9.79. The van der Waals surface area contributed by atoms with E-state index in [2.05, 4.69) is 117 Å². The Bertz CT molecular complexity index is 2160. The molecule has 4 nitrogen and oxygen atoms in total. The number of nitrogens with zero attached hydrogens (tertiary/aromatic N) is 4. The first-order valence-corrected chi connectivity index (χ1v) is 13.1. The molecule has 184 valence electrons. The van der Waals surface area contributed by atoms with E-state index in [0.29, 0.717) is 0 Å². The fourth-order valence-electron chi connectivity index (χ4n) is 6.36. The van der Waals surface area contributed by atoms with E-state index in [1.165, 1.54) is 43.6 Å². The Hall–Kier alpha value is -5.35. The minimum atomic E-state index is 0.982. The van der Waals surface area contributed by atoms with Gasteiger partial charge in [0.05, 0.1) is 51.0 Å². The van der Waals surface area contributed by atoms with E-state index in [9.17, 15) is 0 Å². The summed E-state index contributed by atoms with van der Waals surface area (Å²) in [6.07, 6.45) is 9.50. The van der Waals surface area contributed by atoms with Gasteiger partial charge in [-0.25, -0.2) is 0 Å². The first kappa shape index (κ1) is 21.7. The van der Waals surface area contributed by atoms with Crippen LogP contribution >= 0.6 is 0 Å². The molecular formula is C35H24N4. The molecule has 7 aromatic rings. The third kappa shape index (κ3) is 2.80. The summed E-state index contributed by atoms with van der Waals surface area (Å²) in [6.45, 7) is 8.08. The lowest BCUT2D eigenvalue weighted by Gasteiger charge is -2.33. The van der Waals surface area contributed by atoms with Crippen LogP contribution in [0.4, 0.5) is 11.4 Å². The van der Waals surface area contributed by atoms with Gasteiger partial charge in [-0.1, -0.05) is 73.8 Å². The number of pyridine rings is 1. The zero-order chi connectivity index (χ0) is 26.1. The van der Waals surface area contributed by atoms with Crippen LogP contribution in [0.15, 0.2) is 140 Å². The van der Waals surface area contributed by atoms with E-state index in [1.807, 2.05) is 36.7 Å². The standard InChI is InChI=1S/C35H24N4/c1-3-11-23(4-2)37-30-16-7-8-17-31(30)39-33-26(14-9-18-32(33)37)28-20-19-27-25-13-5-6-15-29(25)38(34(27)35(28)39)24-12-10-21-36-22-24/h3-22H,1-2H2/b23-11+. The molecule has 0 spiro atoms. The normalized spacial score (nSPS) is 12.9. The van der Waals surface area contributed by atoms with E-state index in [-0.39, 0.29) is 0 Å². The molecule has 0 fully saturated rings. The van der Waals surface area contributed by atoms with Gasteiger partial charge < -0.3 is 14.0 Å². The van der Waals surface area contributed by atoms with Crippen LogP contribution in [0.2, 0.25) is 0 Å². The molecule has 1 aliphatic heterocycles. The van der Waals surface area contributed by atoms with Gasteiger partial charge in [-0.2, -0.15) is 0 Å². The van der Waals surface area contributed by atoms with E-state index < -0.39 is 0 Å². The molecule has 4 aromatic carbocycles.